The highest BCUT2D eigenvalue weighted by Crippen LogP contribution is 2.20. The summed E-state index contributed by atoms with van der Waals surface area (Å²) in [7, 11) is 2.20. The van der Waals surface area contributed by atoms with E-state index in [-0.39, 0.29) is 0 Å². The maximum atomic E-state index is 4.55. The minimum atomic E-state index is 0.710. The zero-order valence-electron chi connectivity index (χ0n) is 12.1. The average molecular weight is 271 g/mol. The van der Waals surface area contributed by atoms with Crippen LogP contribution in [-0.4, -0.2) is 45.2 Å². The molecule has 1 aliphatic rings. The molecule has 2 aromatic rings. The summed E-state index contributed by atoms with van der Waals surface area (Å²) < 4.78 is 0. The van der Waals surface area contributed by atoms with E-state index >= 15 is 0 Å². The molecule has 0 bridgehead atoms. The van der Waals surface area contributed by atoms with Crippen LogP contribution in [0.3, 0.4) is 0 Å². The third kappa shape index (κ3) is 3.04. The fourth-order valence-electron chi connectivity index (χ4n) is 2.88. The second kappa shape index (κ2) is 5.71. The van der Waals surface area contributed by atoms with Crippen LogP contribution in [0.2, 0.25) is 0 Å². The van der Waals surface area contributed by atoms with Crippen molar-refractivity contribution in [2.24, 2.45) is 5.92 Å². The fraction of sp³-hybridized carbons (Fsp3) is 0.533. The van der Waals surface area contributed by atoms with Gasteiger partial charge in [0.2, 0.25) is 0 Å². The zero-order chi connectivity index (χ0) is 13.9. The molecule has 1 N–H and O–H groups in total. The summed E-state index contributed by atoms with van der Waals surface area (Å²) in [5.74, 6) is 0.710. The normalized spacial score (nSPS) is 20.2. The Morgan fingerprint density at radius 1 is 1.30 bits per heavy atom. The van der Waals surface area contributed by atoms with Crippen LogP contribution >= 0.6 is 0 Å². The Morgan fingerprint density at radius 2 is 2.20 bits per heavy atom. The van der Waals surface area contributed by atoms with Gasteiger partial charge in [-0.05, 0) is 51.8 Å². The Kier molecular flexibility index (Phi) is 3.78. The van der Waals surface area contributed by atoms with E-state index in [2.05, 4.69) is 32.1 Å². The third-order valence-corrected chi connectivity index (χ3v) is 3.89. The molecule has 5 nitrogen and oxygen atoms in total. The van der Waals surface area contributed by atoms with Crippen molar-refractivity contribution in [1.29, 1.82) is 0 Å². The maximum absolute atomic E-state index is 4.55. The standard InChI is InChI=1S/C15H21N5/c1-11-6-14(19-18-11)15-9-16-13(8-17-15)7-12-4-3-5-20(2)10-12/h6,8-9,12H,3-5,7,10H2,1-2H3,(H,18,19)/t12-/m1/s1. The quantitative estimate of drug-likeness (QED) is 0.928. The van der Waals surface area contributed by atoms with Crippen LogP contribution in [0.15, 0.2) is 18.5 Å². The number of aromatic amines is 1. The van der Waals surface area contributed by atoms with Gasteiger partial charge in [-0.3, -0.25) is 15.1 Å². The van der Waals surface area contributed by atoms with Crippen LogP contribution < -0.4 is 0 Å². The summed E-state index contributed by atoms with van der Waals surface area (Å²) in [6.07, 6.45) is 7.34. The van der Waals surface area contributed by atoms with E-state index in [1.54, 1.807) is 0 Å². The van der Waals surface area contributed by atoms with Crippen molar-refractivity contribution in [2.45, 2.75) is 26.2 Å². The number of aryl methyl sites for hydroxylation is 1. The van der Waals surface area contributed by atoms with Gasteiger partial charge in [0.05, 0.1) is 11.9 Å². The largest absolute Gasteiger partial charge is 0.306 e. The summed E-state index contributed by atoms with van der Waals surface area (Å²) in [5.41, 5.74) is 3.82. The summed E-state index contributed by atoms with van der Waals surface area (Å²) >= 11 is 0. The molecule has 0 unspecified atom stereocenters. The molecule has 5 heteroatoms. The lowest BCUT2D eigenvalue weighted by Gasteiger charge is -2.29. The Bertz CT molecular complexity index is 560. The molecule has 1 saturated heterocycles. The lowest BCUT2D eigenvalue weighted by molar-refractivity contribution is 0.208. The molecule has 20 heavy (non-hydrogen) atoms. The molecule has 1 aliphatic heterocycles. The van der Waals surface area contributed by atoms with Gasteiger partial charge >= 0.3 is 0 Å². The molecule has 0 aliphatic carbocycles. The third-order valence-electron chi connectivity index (χ3n) is 3.89. The minimum absolute atomic E-state index is 0.710. The molecule has 0 amide bonds. The summed E-state index contributed by atoms with van der Waals surface area (Å²) in [4.78, 5) is 11.4. The van der Waals surface area contributed by atoms with E-state index in [0.29, 0.717) is 5.92 Å². The first kappa shape index (κ1) is 13.2. The number of likely N-dealkylation sites (tertiary alicyclic amines) is 1. The lowest BCUT2D eigenvalue weighted by Crippen LogP contribution is -2.33. The van der Waals surface area contributed by atoms with Gasteiger partial charge in [-0.25, -0.2) is 0 Å². The van der Waals surface area contributed by atoms with Gasteiger partial charge < -0.3 is 4.90 Å². The Balaban J connectivity index is 1.67. The van der Waals surface area contributed by atoms with Crippen molar-refractivity contribution in [3.8, 4) is 11.4 Å². The topological polar surface area (TPSA) is 57.7 Å². The predicted molar refractivity (Wildman–Crippen MR) is 78.3 cm³/mol. The summed E-state index contributed by atoms with van der Waals surface area (Å²) in [6, 6.07) is 1.99. The van der Waals surface area contributed by atoms with E-state index in [1.807, 2.05) is 25.4 Å². The van der Waals surface area contributed by atoms with Crippen LogP contribution in [0.4, 0.5) is 0 Å². The molecule has 0 spiro atoms. The number of aromatic nitrogens is 4. The highest BCUT2D eigenvalue weighted by molar-refractivity contribution is 5.52. The van der Waals surface area contributed by atoms with Crippen molar-refractivity contribution in [1.82, 2.24) is 25.1 Å². The molecule has 1 fully saturated rings. The predicted octanol–water partition coefficient (Wildman–Crippen LogP) is 2.06. The van der Waals surface area contributed by atoms with Gasteiger partial charge in [-0.1, -0.05) is 0 Å². The number of hydrogen-bond acceptors (Lipinski definition) is 4. The smallest absolute Gasteiger partial charge is 0.112 e. The number of piperidine rings is 1. The molecule has 3 rings (SSSR count). The SMILES string of the molecule is Cc1cc(-c2cnc(C[C@H]3CCCN(C)C3)cn2)n[nH]1. The number of nitrogens with zero attached hydrogens (tertiary/aromatic N) is 4. The second-order valence-corrected chi connectivity index (χ2v) is 5.80. The van der Waals surface area contributed by atoms with E-state index < -0.39 is 0 Å². The van der Waals surface area contributed by atoms with E-state index in [0.717, 1.165) is 29.2 Å². The van der Waals surface area contributed by atoms with Gasteiger partial charge in [-0.15, -0.1) is 0 Å². The maximum Gasteiger partial charge on any atom is 0.112 e. The molecular weight excluding hydrogens is 250 g/mol. The summed E-state index contributed by atoms with van der Waals surface area (Å²) in [6.45, 7) is 4.37. The minimum Gasteiger partial charge on any atom is -0.306 e. The van der Waals surface area contributed by atoms with Crippen LogP contribution in [0.1, 0.15) is 24.2 Å². The van der Waals surface area contributed by atoms with E-state index in [4.69, 9.17) is 0 Å². The number of rotatable bonds is 3. The number of nitrogens with one attached hydrogen (secondary N) is 1. The van der Waals surface area contributed by atoms with Crippen molar-refractivity contribution in [3.05, 3.63) is 29.8 Å². The average Bonchev–Trinajstić information content (AvgIpc) is 2.86. The lowest BCUT2D eigenvalue weighted by atomic mass is 9.94. The zero-order valence-corrected chi connectivity index (χ0v) is 12.1. The molecule has 2 aromatic heterocycles. The van der Waals surface area contributed by atoms with Crippen molar-refractivity contribution in [2.75, 3.05) is 20.1 Å². The van der Waals surface area contributed by atoms with Crippen molar-refractivity contribution < 1.29 is 0 Å². The number of H-pyrrole nitrogens is 1. The van der Waals surface area contributed by atoms with Gasteiger partial charge in [0.1, 0.15) is 11.4 Å². The first-order valence-electron chi connectivity index (χ1n) is 7.22. The van der Waals surface area contributed by atoms with Crippen LogP contribution in [0.5, 0.6) is 0 Å². The number of hydrogen-bond donors (Lipinski definition) is 1. The van der Waals surface area contributed by atoms with Crippen LogP contribution in [0.25, 0.3) is 11.4 Å². The Morgan fingerprint density at radius 3 is 2.85 bits per heavy atom. The van der Waals surface area contributed by atoms with Crippen molar-refractivity contribution >= 4 is 0 Å². The molecule has 0 aromatic carbocycles. The van der Waals surface area contributed by atoms with Gasteiger partial charge in [0, 0.05) is 18.4 Å². The van der Waals surface area contributed by atoms with E-state index in [9.17, 15) is 0 Å². The Hall–Kier alpha value is -1.75. The molecule has 0 saturated carbocycles. The molecular formula is C15H21N5. The highest BCUT2D eigenvalue weighted by Gasteiger charge is 2.18. The molecule has 0 radical (unpaired) electrons. The van der Waals surface area contributed by atoms with Crippen LogP contribution in [0, 0.1) is 12.8 Å². The monoisotopic (exact) mass is 271 g/mol. The van der Waals surface area contributed by atoms with E-state index in [1.165, 1.54) is 25.9 Å². The highest BCUT2D eigenvalue weighted by atomic mass is 15.1. The Labute approximate surface area is 119 Å². The summed E-state index contributed by atoms with van der Waals surface area (Å²) in [5, 5.41) is 7.14. The van der Waals surface area contributed by atoms with Gasteiger partial charge in [0.25, 0.3) is 0 Å². The molecule has 106 valence electrons. The van der Waals surface area contributed by atoms with Crippen LogP contribution in [-0.2, 0) is 6.42 Å². The molecule has 3 heterocycles. The van der Waals surface area contributed by atoms with Gasteiger partial charge in [-0.2, -0.15) is 5.10 Å². The molecule has 1 atom stereocenters. The van der Waals surface area contributed by atoms with Crippen molar-refractivity contribution in [3.63, 3.8) is 0 Å². The first-order chi connectivity index (χ1) is 9.70. The van der Waals surface area contributed by atoms with Gasteiger partial charge in [0.15, 0.2) is 0 Å². The fourth-order valence-corrected chi connectivity index (χ4v) is 2.88. The second-order valence-electron chi connectivity index (χ2n) is 5.80. The first-order valence-corrected chi connectivity index (χ1v) is 7.22.